The summed E-state index contributed by atoms with van der Waals surface area (Å²) < 4.78 is 0. The molecule has 0 aliphatic heterocycles. The Morgan fingerprint density at radius 3 is 2.89 bits per heavy atom. The fourth-order valence-corrected chi connectivity index (χ4v) is 3.81. The first-order valence-corrected chi connectivity index (χ1v) is 7.68. The van der Waals surface area contributed by atoms with Gasteiger partial charge in [0.05, 0.1) is 16.8 Å². The Kier molecular flexibility index (Phi) is 3.42. The molecule has 0 bridgehead atoms. The predicted molar refractivity (Wildman–Crippen MR) is 78.7 cm³/mol. The van der Waals surface area contributed by atoms with Crippen LogP contribution >= 0.6 is 11.3 Å². The molecule has 3 heteroatoms. The Balaban J connectivity index is 1.85. The van der Waals surface area contributed by atoms with Gasteiger partial charge in [0.2, 0.25) is 0 Å². The van der Waals surface area contributed by atoms with Gasteiger partial charge >= 0.3 is 0 Å². The van der Waals surface area contributed by atoms with Crippen molar-refractivity contribution in [2.45, 2.75) is 45.6 Å². The molecule has 0 radical (unpaired) electrons. The van der Waals surface area contributed by atoms with E-state index in [4.69, 9.17) is 0 Å². The molecule has 1 aliphatic carbocycles. The van der Waals surface area contributed by atoms with Crippen LogP contribution in [0.1, 0.15) is 51.2 Å². The minimum Gasteiger partial charge on any atom is -0.387 e. The monoisotopic (exact) mass is 273 g/mol. The summed E-state index contributed by atoms with van der Waals surface area (Å²) in [6, 6.07) is 6.60. The molecule has 1 N–H and O–H groups in total. The van der Waals surface area contributed by atoms with E-state index in [2.05, 4.69) is 37.0 Å². The topological polar surface area (TPSA) is 33.1 Å². The van der Waals surface area contributed by atoms with Gasteiger partial charge in [-0.15, -0.1) is 11.3 Å². The van der Waals surface area contributed by atoms with E-state index in [9.17, 15) is 5.11 Å². The van der Waals surface area contributed by atoms with Crippen LogP contribution in [0.25, 0.3) is 0 Å². The summed E-state index contributed by atoms with van der Waals surface area (Å²) in [7, 11) is 0. The second kappa shape index (κ2) is 5.06. The smallest absolute Gasteiger partial charge is 0.0976 e. The van der Waals surface area contributed by atoms with Crippen LogP contribution in [0.15, 0.2) is 18.2 Å². The number of aromatic nitrogens is 1. The van der Waals surface area contributed by atoms with E-state index >= 15 is 0 Å². The molecular formula is C16H19NOS. The molecule has 100 valence electrons. The number of nitrogens with zero attached hydrogens (tertiary/aromatic N) is 1. The molecule has 1 aromatic heterocycles. The summed E-state index contributed by atoms with van der Waals surface area (Å²) in [5, 5.41) is 11.1. The van der Waals surface area contributed by atoms with Crippen LogP contribution in [0.5, 0.6) is 0 Å². The van der Waals surface area contributed by atoms with Crippen LogP contribution in [-0.2, 0) is 12.8 Å². The van der Waals surface area contributed by atoms with Gasteiger partial charge in [-0.25, -0.2) is 4.98 Å². The van der Waals surface area contributed by atoms with Crippen LogP contribution in [0.4, 0.5) is 0 Å². The van der Waals surface area contributed by atoms with E-state index in [1.54, 1.807) is 11.3 Å². The SMILES string of the molecule is Cc1ccc(Cc2nc3c(s2)CCCC3O)cc1C. The number of aryl methyl sites for hydroxylation is 3. The summed E-state index contributed by atoms with van der Waals surface area (Å²) in [5.74, 6) is 0. The highest BCUT2D eigenvalue weighted by Crippen LogP contribution is 2.33. The number of rotatable bonds is 2. The Morgan fingerprint density at radius 2 is 2.16 bits per heavy atom. The molecule has 0 amide bonds. The zero-order chi connectivity index (χ0) is 13.4. The second-order valence-corrected chi connectivity index (χ2v) is 6.59. The Hall–Kier alpha value is -1.19. The highest BCUT2D eigenvalue weighted by molar-refractivity contribution is 7.11. The second-order valence-electron chi connectivity index (χ2n) is 5.42. The maximum atomic E-state index is 9.97. The molecule has 1 aliphatic rings. The molecule has 1 heterocycles. The van der Waals surface area contributed by atoms with E-state index in [-0.39, 0.29) is 6.10 Å². The van der Waals surface area contributed by atoms with E-state index in [0.29, 0.717) is 0 Å². The molecule has 2 nitrogen and oxygen atoms in total. The Morgan fingerprint density at radius 1 is 1.32 bits per heavy atom. The standard InChI is InChI=1S/C16H19NOS/c1-10-6-7-12(8-11(10)2)9-15-17-16-13(18)4-3-5-14(16)19-15/h6-8,13,18H,3-5,9H2,1-2H3. The summed E-state index contributed by atoms with van der Waals surface area (Å²) in [4.78, 5) is 5.94. The van der Waals surface area contributed by atoms with Gasteiger partial charge < -0.3 is 5.11 Å². The van der Waals surface area contributed by atoms with E-state index < -0.39 is 0 Å². The van der Waals surface area contributed by atoms with E-state index in [0.717, 1.165) is 36.4 Å². The predicted octanol–water partition coefficient (Wildman–Crippen LogP) is 3.72. The van der Waals surface area contributed by atoms with E-state index in [1.807, 2.05) is 0 Å². The van der Waals surface area contributed by atoms with E-state index in [1.165, 1.54) is 21.6 Å². The number of hydrogen-bond acceptors (Lipinski definition) is 3. The van der Waals surface area contributed by atoms with Gasteiger partial charge in [-0.05, 0) is 49.8 Å². The van der Waals surface area contributed by atoms with Crippen molar-refractivity contribution in [2.75, 3.05) is 0 Å². The number of aliphatic hydroxyl groups is 1. The third kappa shape index (κ3) is 2.58. The summed E-state index contributed by atoms with van der Waals surface area (Å²) in [6.45, 7) is 4.28. The Bertz CT molecular complexity index is 603. The van der Waals surface area contributed by atoms with Crippen molar-refractivity contribution in [3.63, 3.8) is 0 Å². The van der Waals surface area contributed by atoms with Crippen LogP contribution in [0.3, 0.4) is 0 Å². The van der Waals surface area contributed by atoms with Crippen LogP contribution in [0.2, 0.25) is 0 Å². The van der Waals surface area contributed by atoms with Gasteiger partial charge in [-0.3, -0.25) is 0 Å². The van der Waals surface area contributed by atoms with Gasteiger partial charge in [0.1, 0.15) is 0 Å². The van der Waals surface area contributed by atoms with Crippen LogP contribution in [0, 0.1) is 13.8 Å². The maximum absolute atomic E-state index is 9.97. The van der Waals surface area contributed by atoms with Crippen molar-refractivity contribution in [1.29, 1.82) is 0 Å². The van der Waals surface area contributed by atoms with Crippen molar-refractivity contribution in [3.05, 3.63) is 50.5 Å². The Labute approximate surface area is 118 Å². The molecular weight excluding hydrogens is 254 g/mol. The maximum Gasteiger partial charge on any atom is 0.0976 e. The lowest BCUT2D eigenvalue weighted by Gasteiger charge is -2.14. The molecule has 3 rings (SSSR count). The lowest BCUT2D eigenvalue weighted by molar-refractivity contribution is 0.153. The first-order chi connectivity index (χ1) is 9.13. The van der Waals surface area contributed by atoms with Crippen LogP contribution < -0.4 is 0 Å². The lowest BCUT2D eigenvalue weighted by Crippen LogP contribution is -2.07. The largest absolute Gasteiger partial charge is 0.387 e. The highest BCUT2D eigenvalue weighted by atomic mass is 32.1. The van der Waals surface area contributed by atoms with Crippen molar-refractivity contribution >= 4 is 11.3 Å². The zero-order valence-corrected chi connectivity index (χ0v) is 12.3. The highest BCUT2D eigenvalue weighted by Gasteiger charge is 2.22. The van der Waals surface area contributed by atoms with Crippen molar-refractivity contribution in [1.82, 2.24) is 4.98 Å². The third-order valence-electron chi connectivity index (χ3n) is 3.90. The summed E-state index contributed by atoms with van der Waals surface area (Å²) in [5.41, 5.74) is 4.91. The van der Waals surface area contributed by atoms with Crippen molar-refractivity contribution in [2.24, 2.45) is 0 Å². The quantitative estimate of drug-likeness (QED) is 0.904. The number of fused-ring (bicyclic) bond motifs is 1. The van der Waals surface area contributed by atoms with Gasteiger partial charge in [0.25, 0.3) is 0 Å². The number of aliphatic hydroxyl groups excluding tert-OH is 1. The first kappa shape index (κ1) is 12.8. The van der Waals surface area contributed by atoms with Crippen molar-refractivity contribution < 1.29 is 5.11 Å². The van der Waals surface area contributed by atoms with Crippen molar-refractivity contribution in [3.8, 4) is 0 Å². The molecule has 1 atom stereocenters. The molecule has 2 aromatic rings. The normalized spacial score (nSPS) is 18.4. The number of hydrogen-bond donors (Lipinski definition) is 1. The van der Waals surface area contributed by atoms with Gasteiger partial charge in [0.15, 0.2) is 0 Å². The van der Waals surface area contributed by atoms with Crippen LogP contribution in [-0.4, -0.2) is 10.1 Å². The average Bonchev–Trinajstić information content (AvgIpc) is 2.78. The molecule has 0 spiro atoms. The fourth-order valence-electron chi connectivity index (χ4n) is 2.61. The molecule has 1 aromatic carbocycles. The molecule has 1 unspecified atom stereocenters. The van der Waals surface area contributed by atoms with Gasteiger partial charge in [-0.2, -0.15) is 0 Å². The summed E-state index contributed by atoms with van der Waals surface area (Å²) in [6.07, 6.45) is 3.57. The molecule has 19 heavy (non-hydrogen) atoms. The third-order valence-corrected chi connectivity index (χ3v) is 5.03. The minimum atomic E-state index is -0.339. The summed E-state index contributed by atoms with van der Waals surface area (Å²) >= 11 is 1.77. The minimum absolute atomic E-state index is 0.339. The average molecular weight is 273 g/mol. The van der Waals surface area contributed by atoms with Gasteiger partial charge in [0, 0.05) is 11.3 Å². The first-order valence-electron chi connectivity index (χ1n) is 6.86. The molecule has 0 saturated heterocycles. The zero-order valence-electron chi connectivity index (χ0n) is 11.4. The fraction of sp³-hybridized carbons (Fsp3) is 0.438. The lowest BCUT2D eigenvalue weighted by atomic mass is 10.0. The number of thiazole rings is 1. The molecule has 0 fully saturated rings. The van der Waals surface area contributed by atoms with Gasteiger partial charge in [-0.1, -0.05) is 18.2 Å². The number of benzene rings is 1. The molecule has 0 saturated carbocycles.